The lowest BCUT2D eigenvalue weighted by Gasteiger charge is -2.20. The van der Waals surface area contributed by atoms with Crippen molar-refractivity contribution in [2.75, 3.05) is 13.1 Å². The van der Waals surface area contributed by atoms with E-state index in [4.69, 9.17) is 0 Å². The number of hydrogen-bond donors (Lipinski definition) is 2. The minimum atomic E-state index is 0.201. The van der Waals surface area contributed by atoms with Crippen molar-refractivity contribution in [3.05, 3.63) is 30.1 Å². The third kappa shape index (κ3) is 6.20. The normalized spacial score (nSPS) is 11.7. The van der Waals surface area contributed by atoms with Gasteiger partial charge in [-0.3, -0.25) is 4.98 Å². The molecule has 1 rings (SSSR count). The Morgan fingerprint density at radius 1 is 1.20 bits per heavy atom. The molecule has 0 aliphatic carbocycles. The van der Waals surface area contributed by atoms with Crippen molar-refractivity contribution in [2.24, 2.45) is 0 Å². The van der Waals surface area contributed by atoms with E-state index in [1.807, 2.05) is 24.4 Å². The monoisotopic (exact) mass is 207 g/mol. The molecule has 15 heavy (non-hydrogen) atoms. The molecule has 0 saturated heterocycles. The molecule has 0 unspecified atom stereocenters. The minimum absolute atomic E-state index is 0.201. The van der Waals surface area contributed by atoms with Gasteiger partial charge >= 0.3 is 0 Å². The van der Waals surface area contributed by atoms with E-state index in [0.717, 1.165) is 25.3 Å². The summed E-state index contributed by atoms with van der Waals surface area (Å²) in [6, 6.07) is 5.98. The van der Waals surface area contributed by atoms with Crippen molar-refractivity contribution in [1.82, 2.24) is 15.6 Å². The second-order valence-corrected chi connectivity index (χ2v) is 4.67. The molecule has 0 fully saturated rings. The maximum atomic E-state index is 4.24. The molecule has 0 aliphatic heterocycles. The molecule has 0 atom stereocenters. The zero-order valence-electron chi connectivity index (χ0n) is 9.88. The van der Waals surface area contributed by atoms with Crippen LogP contribution in [0.1, 0.15) is 26.5 Å². The summed E-state index contributed by atoms with van der Waals surface area (Å²) >= 11 is 0. The van der Waals surface area contributed by atoms with Crippen molar-refractivity contribution in [2.45, 2.75) is 32.9 Å². The molecule has 84 valence electrons. The van der Waals surface area contributed by atoms with Crippen LogP contribution < -0.4 is 10.6 Å². The van der Waals surface area contributed by atoms with Gasteiger partial charge in [-0.25, -0.2) is 0 Å². The van der Waals surface area contributed by atoms with Gasteiger partial charge in [-0.15, -0.1) is 0 Å². The van der Waals surface area contributed by atoms with Crippen LogP contribution in [0.3, 0.4) is 0 Å². The summed E-state index contributed by atoms with van der Waals surface area (Å²) in [5.41, 5.74) is 1.29. The zero-order valence-corrected chi connectivity index (χ0v) is 9.88. The topological polar surface area (TPSA) is 37.0 Å². The van der Waals surface area contributed by atoms with Crippen LogP contribution in [0, 0.1) is 0 Å². The molecule has 1 heterocycles. The van der Waals surface area contributed by atoms with Gasteiger partial charge in [-0.1, -0.05) is 6.07 Å². The first-order chi connectivity index (χ1) is 7.08. The summed E-state index contributed by atoms with van der Waals surface area (Å²) in [5.74, 6) is 0. The predicted molar refractivity (Wildman–Crippen MR) is 63.7 cm³/mol. The van der Waals surface area contributed by atoms with Crippen LogP contribution in [-0.4, -0.2) is 23.6 Å². The van der Waals surface area contributed by atoms with Gasteiger partial charge in [0.25, 0.3) is 0 Å². The highest BCUT2D eigenvalue weighted by Crippen LogP contribution is 1.96. The number of aromatic nitrogens is 1. The highest BCUT2D eigenvalue weighted by Gasteiger charge is 2.06. The summed E-state index contributed by atoms with van der Waals surface area (Å²) in [6.45, 7) is 9.31. The molecule has 0 aromatic carbocycles. The van der Waals surface area contributed by atoms with Gasteiger partial charge < -0.3 is 10.6 Å². The lowest BCUT2D eigenvalue weighted by Crippen LogP contribution is -2.40. The standard InChI is InChI=1S/C12H21N3/c1-12(2,3)15-9-8-13-10-11-6-4-5-7-14-11/h4-7,13,15H,8-10H2,1-3H3. The summed E-state index contributed by atoms with van der Waals surface area (Å²) in [6.07, 6.45) is 1.82. The summed E-state index contributed by atoms with van der Waals surface area (Å²) in [5, 5.41) is 6.77. The van der Waals surface area contributed by atoms with Crippen LogP contribution in [0.4, 0.5) is 0 Å². The van der Waals surface area contributed by atoms with Crippen LogP contribution in [0.15, 0.2) is 24.4 Å². The Labute approximate surface area is 92.3 Å². The fraction of sp³-hybridized carbons (Fsp3) is 0.583. The SMILES string of the molecule is CC(C)(C)NCCNCc1ccccn1. The summed E-state index contributed by atoms with van der Waals surface area (Å²) < 4.78 is 0. The molecule has 0 bridgehead atoms. The Kier molecular flexibility index (Phi) is 4.72. The van der Waals surface area contributed by atoms with Gasteiger partial charge in [0.15, 0.2) is 0 Å². The first-order valence-electron chi connectivity index (χ1n) is 5.43. The van der Waals surface area contributed by atoms with Gasteiger partial charge in [0.2, 0.25) is 0 Å². The molecular weight excluding hydrogens is 186 g/mol. The Hall–Kier alpha value is -0.930. The van der Waals surface area contributed by atoms with Gasteiger partial charge in [0, 0.05) is 31.4 Å². The highest BCUT2D eigenvalue weighted by atomic mass is 15.0. The predicted octanol–water partition coefficient (Wildman–Crippen LogP) is 1.56. The first kappa shape index (κ1) is 12.1. The second-order valence-electron chi connectivity index (χ2n) is 4.67. The second kappa shape index (κ2) is 5.83. The third-order valence-corrected chi connectivity index (χ3v) is 1.99. The van der Waals surface area contributed by atoms with Gasteiger partial charge in [-0.2, -0.15) is 0 Å². The van der Waals surface area contributed by atoms with E-state index in [2.05, 4.69) is 36.4 Å². The highest BCUT2D eigenvalue weighted by molar-refractivity contribution is 5.02. The maximum Gasteiger partial charge on any atom is 0.0541 e. The Morgan fingerprint density at radius 2 is 2.00 bits per heavy atom. The number of rotatable bonds is 5. The van der Waals surface area contributed by atoms with E-state index in [1.165, 1.54) is 0 Å². The Bertz CT molecular complexity index is 264. The van der Waals surface area contributed by atoms with E-state index in [1.54, 1.807) is 0 Å². The van der Waals surface area contributed by atoms with Crippen molar-refractivity contribution < 1.29 is 0 Å². The molecule has 0 saturated carbocycles. The van der Waals surface area contributed by atoms with E-state index < -0.39 is 0 Å². The smallest absolute Gasteiger partial charge is 0.0541 e. The number of hydrogen-bond acceptors (Lipinski definition) is 3. The molecule has 1 aromatic rings. The van der Waals surface area contributed by atoms with E-state index in [-0.39, 0.29) is 5.54 Å². The lowest BCUT2D eigenvalue weighted by atomic mass is 10.1. The molecule has 2 N–H and O–H groups in total. The summed E-state index contributed by atoms with van der Waals surface area (Å²) in [7, 11) is 0. The van der Waals surface area contributed by atoms with E-state index in [0.29, 0.717) is 0 Å². The third-order valence-electron chi connectivity index (χ3n) is 1.99. The lowest BCUT2D eigenvalue weighted by molar-refractivity contribution is 0.421. The quantitative estimate of drug-likeness (QED) is 0.719. The maximum absolute atomic E-state index is 4.24. The zero-order chi connectivity index (χ0) is 11.1. The largest absolute Gasteiger partial charge is 0.311 e. The molecular formula is C12H21N3. The van der Waals surface area contributed by atoms with E-state index in [9.17, 15) is 0 Å². The molecule has 0 amide bonds. The van der Waals surface area contributed by atoms with Gasteiger partial charge in [0.05, 0.1) is 5.69 Å². The Morgan fingerprint density at radius 3 is 2.60 bits per heavy atom. The molecule has 3 nitrogen and oxygen atoms in total. The number of pyridine rings is 1. The molecule has 0 aliphatic rings. The molecule has 0 radical (unpaired) electrons. The average Bonchev–Trinajstić information content (AvgIpc) is 2.17. The number of nitrogens with one attached hydrogen (secondary N) is 2. The fourth-order valence-electron chi connectivity index (χ4n) is 1.25. The first-order valence-corrected chi connectivity index (χ1v) is 5.43. The summed E-state index contributed by atoms with van der Waals surface area (Å²) in [4.78, 5) is 4.24. The van der Waals surface area contributed by atoms with Crippen LogP contribution in [0.5, 0.6) is 0 Å². The van der Waals surface area contributed by atoms with Crippen molar-refractivity contribution in [3.63, 3.8) is 0 Å². The van der Waals surface area contributed by atoms with Crippen LogP contribution in [-0.2, 0) is 6.54 Å². The van der Waals surface area contributed by atoms with Crippen molar-refractivity contribution in [3.8, 4) is 0 Å². The van der Waals surface area contributed by atoms with Crippen LogP contribution in [0.25, 0.3) is 0 Å². The number of nitrogens with zero attached hydrogens (tertiary/aromatic N) is 1. The van der Waals surface area contributed by atoms with Crippen molar-refractivity contribution >= 4 is 0 Å². The molecule has 1 aromatic heterocycles. The minimum Gasteiger partial charge on any atom is -0.311 e. The van der Waals surface area contributed by atoms with Gasteiger partial charge in [0.1, 0.15) is 0 Å². The van der Waals surface area contributed by atoms with Crippen molar-refractivity contribution in [1.29, 1.82) is 0 Å². The van der Waals surface area contributed by atoms with Gasteiger partial charge in [-0.05, 0) is 32.9 Å². The Balaban J connectivity index is 2.08. The van der Waals surface area contributed by atoms with E-state index >= 15 is 0 Å². The molecule has 3 heteroatoms. The fourth-order valence-corrected chi connectivity index (χ4v) is 1.25. The van der Waals surface area contributed by atoms with Crippen LogP contribution in [0.2, 0.25) is 0 Å². The molecule has 0 spiro atoms. The van der Waals surface area contributed by atoms with Crippen LogP contribution >= 0.6 is 0 Å². The average molecular weight is 207 g/mol.